The Morgan fingerprint density at radius 3 is 2.61 bits per heavy atom. The summed E-state index contributed by atoms with van der Waals surface area (Å²) in [5.41, 5.74) is 0.664. The number of hydrogen-bond donors (Lipinski definition) is 1. The Morgan fingerprint density at radius 1 is 1.22 bits per heavy atom. The van der Waals surface area contributed by atoms with Crippen molar-refractivity contribution >= 4 is 5.91 Å². The Balaban J connectivity index is 1.96. The van der Waals surface area contributed by atoms with E-state index >= 15 is 0 Å². The molecule has 3 aromatic rings. The average Bonchev–Trinajstić information content (AvgIpc) is 3.00. The maximum absolute atomic E-state index is 14.1. The molecule has 0 spiro atoms. The van der Waals surface area contributed by atoms with Gasteiger partial charge in [-0.2, -0.15) is 4.98 Å². The van der Waals surface area contributed by atoms with E-state index in [1.807, 2.05) is 0 Å². The molecule has 3 rings (SSSR count). The fraction of sp³-hybridized carbons (Fsp3) is 0.125. The quantitative estimate of drug-likeness (QED) is 0.800. The van der Waals surface area contributed by atoms with E-state index in [4.69, 9.17) is 4.52 Å². The summed E-state index contributed by atoms with van der Waals surface area (Å²) < 4.78 is 19.1. The van der Waals surface area contributed by atoms with Gasteiger partial charge in [0.15, 0.2) is 5.82 Å². The van der Waals surface area contributed by atoms with Gasteiger partial charge < -0.3 is 9.84 Å². The van der Waals surface area contributed by atoms with Gasteiger partial charge in [-0.3, -0.25) is 9.78 Å². The fourth-order valence-corrected chi connectivity index (χ4v) is 2.14. The minimum atomic E-state index is -0.852. The lowest BCUT2D eigenvalue weighted by molar-refractivity contribution is 0.0940. The van der Waals surface area contributed by atoms with Crippen LogP contribution < -0.4 is 5.32 Å². The molecule has 0 unspecified atom stereocenters. The lowest BCUT2D eigenvalue weighted by Crippen LogP contribution is -2.30. The predicted octanol–water partition coefficient (Wildman–Crippen LogP) is 2.43. The largest absolute Gasteiger partial charge is 0.340 e. The molecule has 1 aromatic carbocycles. The van der Waals surface area contributed by atoms with Crippen LogP contribution in [0.4, 0.5) is 4.39 Å². The van der Waals surface area contributed by atoms with Crippen LogP contribution in [0.5, 0.6) is 0 Å². The van der Waals surface area contributed by atoms with Crippen LogP contribution >= 0.6 is 0 Å². The Morgan fingerprint density at radius 2 is 1.96 bits per heavy atom. The van der Waals surface area contributed by atoms with Crippen LogP contribution in [0.2, 0.25) is 0 Å². The number of carbonyl (C=O) groups is 1. The molecular formula is C16H13FN4O2. The topological polar surface area (TPSA) is 80.9 Å². The summed E-state index contributed by atoms with van der Waals surface area (Å²) in [4.78, 5) is 20.3. The van der Waals surface area contributed by atoms with E-state index in [0.717, 1.165) is 0 Å². The number of carbonyl (C=O) groups excluding carboxylic acids is 1. The Bertz CT molecular complexity index is 820. The van der Waals surface area contributed by atoms with Crippen LogP contribution in [0, 0.1) is 12.7 Å². The summed E-state index contributed by atoms with van der Waals surface area (Å²) in [6.45, 7) is 1.62. The zero-order chi connectivity index (χ0) is 16.2. The number of aromatic nitrogens is 3. The van der Waals surface area contributed by atoms with E-state index in [1.165, 1.54) is 18.5 Å². The van der Waals surface area contributed by atoms with Gasteiger partial charge in [-0.15, -0.1) is 0 Å². The molecule has 116 valence electrons. The summed E-state index contributed by atoms with van der Waals surface area (Å²) in [6, 6.07) is 8.41. The number of nitrogens with zero attached hydrogens (tertiary/aromatic N) is 3. The van der Waals surface area contributed by atoms with E-state index in [-0.39, 0.29) is 17.3 Å². The molecule has 0 bridgehead atoms. The number of halogens is 1. The van der Waals surface area contributed by atoms with Crippen molar-refractivity contribution in [3.8, 4) is 0 Å². The first-order chi connectivity index (χ1) is 11.1. The average molecular weight is 312 g/mol. The lowest BCUT2D eigenvalue weighted by atomic mass is 10.0. The van der Waals surface area contributed by atoms with Crippen molar-refractivity contribution in [1.82, 2.24) is 20.4 Å². The van der Waals surface area contributed by atoms with E-state index < -0.39 is 11.9 Å². The smallest absolute Gasteiger partial charge is 0.252 e. The summed E-state index contributed by atoms with van der Waals surface area (Å²) in [6.07, 6.45) is 3.01. The molecule has 6 nitrogen and oxygen atoms in total. The first-order valence-electron chi connectivity index (χ1n) is 6.90. The molecular weight excluding hydrogens is 299 g/mol. The molecule has 0 radical (unpaired) electrons. The standard InChI is InChI=1S/C16H13FN4O2/c1-10-19-15(21-23-10)14(12-4-2-3-5-13(12)17)20-16(22)11-6-8-18-9-7-11/h2-9,14H,1H3,(H,20,22)/t14-/m1/s1. The molecule has 7 heteroatoms. The predicted molar refractivity (Wildman–Crippen MR) is 79.0 cm³/mol. The highest BCUT2D eigenvalue weighted by Gasteiger charge is 2.25. The first-order valence-corrected chi connectivity index (χ1v) is 6.90. The second-order valence-electron chi connectivity index (χ2n) is 4.84. The summed E-state index contributed by atoms with van der Waals surface area (Å²) in [5.74, 6) is -0.326. The molecule has 0 aliphatic rings. The minimum absolute atomic E-state index is 0.190. The van der Waals surface area contributed by atoms with Crippen LogP contribution in [-0.2, 0) is 0 Å². The van der Waals surface area contributed by atoms with Gasteiger partial charge in [-0.25, -0.2) is 4.39 Å². The maximum Gasteiger partial charge on any atom is 0.252 e. The highest BCUT2D eigenvalue weighted by atomic mass is 19.1. The van der Waals surface area contributed by atoms with Gasteiger partial charge in [0.25, 0.3) is 5.91 Å². The molecule has 2 heterocycles. The Hall–Kier alpha value is -3.09. The number of amides is 1. The third-order valence-corrected chi connectivity index (χ3v) is 3.24. The summed E-state index contributed by atoms with van der Waals surface area (Å²) in [7, 11) is 0. The second-order valence-corrected chi connectivity index (χ2v) is 4.84. The highest BCUT2D eigenvalue weighted by molar-refractivity contribution is 5.94. The number of benzene rings is 1. The molecule has 0 aliphatic carbocycles. The van der Waals surface area contributed by atoms with E-state index in [9.17, 15) is 9.18 Å². The molecule has 1 atom stereocenters. The zero-order valence-corrected chi connectivity index (χ0v) is 12.2. The number of pyridine rings is 1. The molecule has 1 amide bonds. The monoisotopic (exact) mass is 312 g/mol. The first kappa shape index (κ1) is 14.8. The van der Waals surface area contributed by atoms with Crippen molar-refractivity contribution in [2.24, 2.45) is 0 Å². The van der Waals surface area contributed by atoms with Crippen LogP contribution in [0.25, 0.3) is 0 Å². The molecule has 23 heavy (non-hydrogen) atoms. The maximum atomic E-state index is 14.1. The van der Waals surface area contributed by atoms with Crippen LogP contribution in [0.3, 0.4) is 0 Å². The van der Waals surface area contributed by atoms with Gasteiger partial charge in [-0.05, 0) is 18.2 Å². The normalized spacial score (nSPS) is 11.9. The van der Waals surface area contributed by atoms with Gasteiger partial charge in [0, 0.05) is 30.4 Å². The van der Waals surface area contributed by atoms with Gasteiger partial charge in [-0.1, -0.05) is 23.4 Å². The number of hydrogen-bond acceptors (Lipinski definition) is 5. The Labute approximate surface area is 131 Å². The van der Waals surface area contributed by atoms with Gasteiger partial charge in [0.05, 0.1) is 0 Å². The van der Waals surface area contributed by atoms with Crippen molar-refractivity contribution in [2.75, 3.05) is 0 Å². The van der Waals surface area contributed by atoms with Gasteiger partial charge in [0.1, 0.15) is 11.9 Å². The summed E-state index contributed by atoms with van der Waals surface area (Å²) in [5, 5.41) is 6.53. The van der Waals surface area contributed by atoms with Crippen LogP contribution in [0.15, 0.2) is 53.3 Å². The fourth-order valence-electron chi connectivity index (χ4n) is 2.14. The molecule has 0 saturated carbocycles. The van der Waals surface area contributed by atoms with Crippen LogP contribution in [0.1, 0.15) is 33.7 Å². The summed E-state index contributed by atoms with van der Waals surface area (Å²) >= 11 is 0. The zero-order valence-electron chi connectivity index (χ0n) is 12.2. The molecule has 0 fully saturated rings. The molecule has 0 aliphatic heterocycles. The number of aryl methyl sites for hydroxylation is 1. The highest BCUT2D eigenvalue weighted by Crippen LogP contribution is 2.23. The number of rotatable bonds is 4. The second kappa shape index (κ2) is 6.35. The lowest BCUT2D eigenvalue weighted by Gasteiger charge is -2.16. The Kier molecular flexibility index (Phi) is 4.09. The third-order valence-electron chi connectivity index (χ3n) is 3.24. The van der Waals surface area contributed by atoms with Crippen molar-refractivity contribution < 1.29 is 13.7 Å². The van der Waals surface area contributed by atoms with Crippen molar-refractivity contribution in [3.63, 3.8) is 0 Å². The molecule has 1 N–H and O–H groups in total. The van der Waals surface area contributed by atoms with Gasteiger partial charge in [0.2, 0.25) is 5.89 Å². The minimum Gasteiger partial charge on any atom is -0.340 e. The van der Waals surface area contributed by atoms with Crippen LogP contribution in [-0.4, -0.2) is 21.0 Å². The third kappa shape index (κ3) is 3.23. The SMILES string of the molecule is Cc1nc([C@H](NC(=O)c2ccncc2)c2ccccc2F)no1. The van der Waals surface area contributed by atoms with Crippen molar-refractivity contribution in [1.29, 1.82) is 0 Å². The van der Waals surface area contributed by atoms with Gasteiger partial charge >= 0.3 is 0 Å². The molecule has 2 aromatic heterocycles. The van der Waals surface area contributed by atoms with Crippen molar-refractivity contribution in [3.05, 3.63) is 77.5 Å². The van der Waals surface area contributed by atoms with Crippen molar-refractivity contribution in [2.45, 2.75) is 13.0 Å². The van der Waals surface area contributed by atoms with E-state index in [0.29, 0.717) is 11.5 Å². The van der Waals surface area contributed by atoms with E-state index in [2.05, 4.69) is 20.4 Å². The number of nitrogens with one attached hydrogen (secondary N) is 1. The van der Waals surface area contributed by atoms with E-state index in [1.54, 1.807) is 37.3 Å². The molecule has 0 saturated heterocycles.